The van der Waals surface area contributed by atoms with Crippen LogP contribution in [0, 0.1) is 11.3 Å². The van der Waals surface area contributed by atoms with Gasteiger partial charge in [-0.05, 0) is 48.5 Å². The van der Waals surface area contributed by atoms with Gasteiger partial charge in [0, 0.05) is 32.0 Å². The summed E-state index contributed by atoms with van der Waals surface area (Å²) in [6.07, 6.45) is 5.08. The van der Waals surface area contributed by atoms with E-state index in [1.807, 2.05) is 12.4 Å². The van der Waals surface area contributed by atoms with Gasteiger partial charge in [-0.3, -0.25) is 9.88 Å². The average molecular weight is 261 g/mol. The molecule has 0 amide bonds. The van der Waals surface area contributed by atoms with Crippen LogP contribution in [0.1, 0.15) is 32.8 Å². The highest BCUT2D eigenvalue weighted by atomic mass is 15.1. The van der Waals surface area contributed by atoms with Crippen LogP contribution in [0.2, 0.25) is 0 Å². The number of rotatable bonds is 6. The van der Waals surface area contributed by atoms with Gasteiger partial charge in [-0.1, -0.05) is 20.8 Å². The molecule has 2 rings (SSSR count). The summed E-state index contributed by atoms with van der Waals surface area (Å²) < 4.78 is 0. The maximum absolute atomic E-state index is 4.10. The topological polar surface area (TPSA) is 28.2 Å². The maximum Gasteiger partial charge on any atom is 0.0271 e. The lowest BCUT2D eigenvalue weighted by Gasteiger charge is -2.37. The smallest absolute Gasteiger partial charge is 0.0271 e. The van der Waals surface area contributed by atoms with Crippen molar-refractivity contribution in [2.24, 2.45) is 11.3 Å². The third-order valence-corrected chi connectivity index (χ3v) is 4.64. The van der Waals surface area contributed by atoms with Crippen LogP contribution in [0.15, 0.2) is 24.5 Å². The van der Waals surface area contributed by atoms with Crippen LogP contribution in [0.3, 0.4) is 0 Å². The van der Waals surface area contributed by atoms with Crippen molar-refractivity contribution in [1.82, 2.24) is 15.2 Å². The molecule has 0 aromatic carbocycles. The van der Waals surface area contributed by atoms with E-state index in [-0.39, 0.29) is 0 Å². The van der Waals surface area contributed by atoms with Gasteiger partial charge >= 0.3 is 0 Å². The second kappa shape index (κ2) is 6.49. The molecule has 2 heterocycles. The first-order valence-electron chi connectivity index (χ1n) is 7.48. The number of hydrogen-bond donors (Lipinski definition) is 1. The van der Waals surface area contributed by atoms with Gasteiger partial charge < -0.3 is 5.32 Å². The standard InChI is InChI=1S/C16H27N3/c1-4-19(11-15-5-8-17-9-6-15)13-16(14(2)3)7-10-18-12-16/h5-6,8-9,14,18H,4,7,10-13H2,1-3H3. The molecule has 1 fully saturated rings. The Labute approximate surface area is 117 Å². The zero-order valence-corrected chi connectivity index (χ0v) is 12.5. The van der Waals surface area contributed by atoms with Gasteiger partial charge in [-0.2, -0.15) is 0 Å². The molecule has 0 saturated carbocycles. The van der Waals surface area contributed by atoms with Crippen molar-refractivity contribution in [3.8, 4) is 0 Å². The minimum Gasteiger partial charge on any atom is -0.316 e. The van der Waals surface area contributed by atoms with Gasteiger partial charge in [0.15, 0.2) is 0 Å². The van der Waals surface area contributed by atoms with E-state index in [0.717, 1.165) is 25.6 Å². The lowest BCUT2D eigenvalue weighted by molar-refractivity contribution is 0.116. The van der Waals surface area contributed by atoms with Crippen LogP contribution in [-0.4, -0.2) is 36.1 Å². The number of nitrogens with one attached hydrogen (secondary N) is 1. The highest BCUT2D eigenvalue weighted by Gasteiger charge is 2.37. The largest absolute Gasteiger partial charge is 0.316 e. The molecule has 1 unspecified atom stereocenters. The second-order valence-corrected chi connectivity index (χ2v) is 6.10. The van der Waals surface area contributed by atoms with Crippen LogP contribution in [0.5, 0.6) is 0 Å². The van der Waals surface area contributed by atoms with Crippen LogP contribution in [-0.2, 0) is 6.54 Å². The lowest BCUT2D eigenvalue weighted by Crippen LogP contribution is -2.42. The molecule has 0 spiro atoms. The normalized spacial score (nSPS) is 23.4. The molecule has 3 nitrogen and oxygen atoms in total. The van der Waals surface area contributed by atoms with Gasteiger partial charge in [0.1, 0.15) is 0 Å². The van der Waals surface area contributed by atoms with E-state index >= 15 is 0 Å². The second-order valence-electron chi connectivity index (χ2n) is 6.10. The molecule has 106 valence electrons. The minimum atomic E-state index is 0.447. The first kappa shape index (κ1) is 14.5. The first-order valence-corrected chi connectivity index (χ1v) is 7.48. The Bertz CT molecular complexity index is 369. The van der Waals surface area contributed by atoms with E-state index in [2.05, 4.69) is 48.1 Å². The molecule has 0 aliphatic carbocycles. The summed E-state index contributed by atoms with van der Waals surface area (Å²) in [4.78, 5) is 6.67. The van der Waals surface area contributed by atoms with Gasteiger partial charge in [0.2, 0.25) is 0 Å². The lowest BCUT2D eigenvalue weighted by atomic mass is 9.76. The molecule has 1 N–H and O–H groups in total. The number of hydrogen-bond acceptors (Lipinski definition) is 3. The third-order valence-electron chi connectivity index (χ3n) is 4.64. The van der Waals surface area contributed by atoms with Crippen molar-refractivity contribution in [3.63, 3.8) is 0 Å². The van der Waals surface area contributed by atoms with Crippen LogP contribution >= 0.6 is 0 Å². The SMILES string of the molecule is CCN(Cc1ccncc1)CC1(C(C)C)CCNC1. The molecule has 1 saturated heterocycles. The summed E-state index contributed by atoms with van der Waals surface area (Å²) in [7, 11) is 0. The molecule has 1 aromatic rings. The van der Waals surface area contributed by atoms with Crippen molar-refractivity contribution in [2.75, 3.05) is 26.2 Å². The van der Waals surface area contributed by atoms with Crippen molar-refractivity contribution in [3.05, 3.63) is 30.1 Å². The predicted molar refractivity (Wildman–Crippen MR) is 79.9 cm³/mol. The molecule has 0 radical (unpaired) electrons. The van der Waals surface area contributed by atoms with Gasteiger partial charge in [-0.25, -0.2) is 0 Å². The fourth-order valence-corrected chi connectivity index (χ4v) is 3.04. The Kier molecular flexibility index (Phi) is 4.94. The fraction of sp³-hybridized carbons (Fsp3) is 0.688. The fourth-order valence-electron chi connectivity index (χ4n) is 3.04. The highest BCUT2D eigenvalue weighted by molar-refractivity contribution is 5.09. The van der Waals surface area contributed by atoms with Crippen LogP contribution < -0.4 is 5.32 Å². The van der Waals surface area contributed by atoms with Gasteiger partial charge in [0.05, 0.1) is 0 Å². The van der Waals surface area contributed by atoms with Gasteiger partial charge in [-0.15, -0.1) is 0 Å². The Morgan fingerprint density at radius 2 is 2.11 bits per heavy atom. The van der Waals surface area contributed by atoms with Crippen molar-refractivity contribution < 1.29 is 0 Å². The summed E-state index contributed by atoms with van der Waals surface area (Å²) in [5.74, 6) is 0.731. The molecule has 1 aliphatic heterocycles. The van der Waals surface area contributed by atoms with E-state index in [1.165, 1.54) is 25.1 Å². The summed E-state index contributed by atoms with van der Waals surface area (Å²) in [6.45, 7) is 12.7. The molecule has 1 aromatic heterocycles. The summed E-state index contributed by atoms with van der Waals surface area (Å²) in [5.41, 5.74) is 1.81. The molecule has 19 heavy (non-hydrogen) atoms. The van der Waals surface area contributed by atoms with Crippen LogP contribution in [0.25, 0.3) is 0 Å². The van der Waals surface area contributed by atoms with E-state index in [9.17, 15) is 0 Å². The minimum absolute atomic E-state index is 0.447. The quantitative estimate of drug-likeness (QED) is 0.853. The van der Waals surface area contributed by atoms with Crippen molar-refractivity contribution in [1.29, 1.82) is 0 Å². The monoisotopic (exact) mass is 261 g/mol. The van der Waals surface area contributed by atoms with Crippen molar-refractivity contribution in [2.45, 2.75) is 33.7 Å². The van der Waals surface area contributed by atoms with E-state index in [0.29, 0.717) is 5.41 Å². The molecule has 0 bridgehead atoms. The van der Waals surface area contributed by atoms with Crippen LogP contribution in [0.4, 0.5) is 0 Å². The first-order chi connectivity index (χ1) is 9.16. The van der Waals surface area contributed by atoms with Crippen molar-refractivity contribution >= 4 is 0 Å². The zero-order chi connectivity index (χ0) is 13.7. The third kappa shape index (κ3) is 3.54. The Morgan fingerprint density at radius 1 is 1.37 bits per heavy atom. The Balaban J connectivity index is 2.02. The Hall–Kier alpha value is -0.930. The molecule has 1 atom stereocenters. The molecular formula is C16H27N3. The summed E-state index contributed by atoms with van der Waals surface area (Å²) in [5, 5.41) is 3.55. The van der Waals surface area contributed by atoms with Gasteiger partial charge in [0.25, 0.3) is 0 Å². The summed E-state index contributed by atoms with van der Waals surface area (Å²) >= 11 is 0. The predicted octanol–water partition coefficient (Wildman–Crippen LogP) is 2.54. The van der Waals surface area contributed by atoms with E-state index in [4.69, 9.17) is 0 Å². The summed E-state index contributed by atoms with van der Waals surface area (Å²) in [6, 6.07) is 4.25. The zero-order valence-electron chi connectivity index (χ0n) is 12.5. The Morgan fingerprint density at radius 3 is 2.63 bits per heavy atom. The molecular weight excluding hydrogens is 234 g/mol. The maximum atomic E-state index is 4.10. The van der Waals surface area contributed by atoms with E-state index in [1.54, 1.807) is 0 Å². The molecule has 1 aliphatic rings. The van der Waals surface area contributed by atoms with E-state index < -0.39 is 0 Å². The number of aromatic nitrogens is 1. The average Bonchev–Trinajstić information content (AvgIpc) is 2.89. The number of pyridine rings is 1. The number of nitrogens with zero attached hydrogens (tertiary/aromatic N) is 2. The molecule has 3 heteroatoms. The highest BCUT2D eigenvalue weighted by Crippen LogP contribution is 2.35.